The van der Waals surface area contributed by atoms with Gasteiger partial charge in [0.05, 0.1) is 5.92 Å². The summed E-state index contributed by atoms with van der Waals surface area (Å²) in [7, 11) is 0. The minimum atomic E-state index is -0.740. The molecule has 1 unspecified atom stereocenters. The molecule has 0 radical (unpaired) electrons. The highest BCUT2D eigenvalue weighted by Gasteiger charge is 2.11. The number of aliphatic carboxylic acids is 1. The van der Waals surface area contributed by atoms with Crippen LogP contribution in [-0.2, 0) is 11.2 Å². The van der Waals surface area contributed by atoms with E-state index in [-0.39, 0.29) is 5.92 Å². The maximum atomic E-state index is 10.8. The van der Waals surface area contributed by atoms with Crippen molar-refractivity contribution in [3.05, 3.63) is 41.0 Å². The van der Waals surface area contributed by atoms with Crippen LogP contribution in [0.25, 0.3) is 6.08 Å². The van der Waals surface area contributed by atoms with Crippen LogP contribution in [0.4, 0.5) is 0 Å². The summed E-state index contributed by atoms with van der Waals surface area (Å²) in [6.45, 7) is 5.91. The Hall–Kier alpha value is -1.57. The Morgan fingerprint density at radius 2 is 2.18 bits per heavy atom. The molecule has 2 heteroatoms. The highest BCUT2D eigenvalue weighted by molar-refractivity contribution is 5.70. The summed E-state index contributed by atoms with van der Waals surface area (Å²) in [5, 5.41) is 8.89. The number of hydrogen-bond donors (Lipinski definition) is 1. The van der Waals surface area contributed by atoms with Crippen LogP contribution in [0.3, 0.4) is 0 Å². The third kappa shape index (κ3) is 4.06. The first-order valence-electron chi connectivity index (χ1n) is 6.03. The van der Waals surface area contributed by atoms with Gasteiger partial charge in [0, 0.05) is 0 Å². The number of benzene rings is 1. The van der Waals surface area contributed by atoms with Gasteiger partial charge in [0.2, 0.25) is 0 Å². The Morgan fingerprint density at radius 1 is 1.47 bits per heavy atom. The molecule has 0 heterocycles. The van der Waals surface area contributed by atoms with Crippen molar-refractivity contribution < 1.29 is 9.90 Å². The van der Waals surface area contributed by atoms with Crippen LogP contribution in [-0.4, -0.2) is 11.1 Å². The lowest BCUT2D eigenvalue weighted by molar-refractivity contribution is -0.141. The van der Waals surface area contributed by atoms with Crippen LogP contribution < -0.4 is 0 Å². The molecule has 2 nitrogen and oxygen atoms in total. The van der Waals surface area contributed by atoms with Gasteiger partial charge in [-0.25, -0.2) is 0 Å². The molecule has 92 valence electrons. The Labute approximate surface area is 103 Å². The molecular formula is C15H20O2. The topological polar surface area (TPSA) is 37.3 Å². The summed E-state index contributed by atoms with van der Waals surface area (Å²) in [6.07, 6.45) is 5.81. The van der Waals surface area contributed by atoms with Crippen molar-refractivity contribution >= 4 is 12.0 Å². The van der Waals surface area contributed by atoms with E-state index in [4.69, 9.17) is 5.11 Å². The minimum Gasteiger partial charge on any atom is -0.481 e. The number of aryl methyl sites for hydroxylation is 1. The molecule has 0 aromatic heterocycles. The first kappa shape index (κ1) is 13.5. The standard InChI is InChI=1S/C15H20O2/c1-4-5-6-14-10-13(8-7-11(14)2)9-12(3)15(16)17/h5-8,10,12H,4,9H2,1-3H3,(H,16,17)/b6-5-. The van der Waals surface area contributed by atoms with Gasteiger partial charge in [0.15, 0.2) is 0 Å². The fraction of sp³-hybridized carbons (Fsp3) is 0.400. The number of hydrogen-bond acceptors (Lipinski definition) is 1. The van der Waals surface area contributed by atoms with Gasteiger partial charge in [-0.2, -0.15) is 0 Å². The summed E-state index contributed by atoms with van der Waals surface area (Å²) in [5.41, 5.74) is 3.49. The second kappa shape index (κ2) is 6.24. The van der Waals surface area contributed by atoms with Gasteiger partial charge in [0.1, 0.15) is 0 Å². The maximum Gasteiger partial charge on any atom is 0.306 e. The van der Waals surface area contributed by atoms with Gasteiger partial charge in [-0.15, -0.1) is 0 Å². The zero-order valence-corrected chi connectivity index (χ0v) is 10.7. The van der Waals surface area contributed by atoms with E-state index in [0.29, 0.717) is 6.42 Å². The predicted molar refractivity (Wildman–Crippen MR) is 71.0 cm³/mol. The molecule has 0 aliphatic heterocycles. The fourth-order valence-corrected chi connectivity index (χ4v) is 1.68. The van der Waals surface area contributed by atoms with Gasteiger partial charge in [-0.1, -0.05) is 44.2 Å². The van der Waals surface area contributed by atoms with E-state index in [1.807, 2.05) is 6.07 Å². The average Bonchev–Trinajstić information content (AvgIpc) is 2.29. The lowest BCUT2D eigenvalue weighted by atomic mass is 9.97. The first-order valence-corrected chi connectivity index (χ1v) is 6.03. The van der Waals surface area contributed by atoms with Gasteiger partial charge in [-0.05, 0) is 36.5 Å². The van der Waals surface area contributed by atoms with Gasteiger partial charge >= 0.3 is 5.97 Å². The van der Waals surface area contributed by atoms with E-state index in [1.54, 1.807) is 6.92 Å². The zero-order chi connectivity index (χ0) is 12.8. The molecule has 1 aromatic rings. The van der Waals surface area contributed by atoms with Gasteiger partial charge < -0.3 is 5.11 Å². The molecule has 0 aliphatic carbocycles. The van der Waals surface area contributed by atoms with Gasteiger partial charge in [-0.3, -0.25) is 4.79 Å². The Kier molecular flexibility index (Phi) is 4.95. The molecule has 1 rings (SSSR count). The molecule has 0 aliphatic rings. The van der Waals surface area contributed by atoms with Crippen molar-refractivity contribution in [1.29, 1.82) is 0 Å². The minimum absolute atomic E-state index is 0.333. The molecule has 17 heavy (non-hydrogen) atoms. The molecule has 0 fully saturated rings. The summed E-state index contributed by atoms with van der Waals surface area (Å²) < 4.78 is 0. The third-order valence-electron chi connectivity index (χ3n) is 2.84. The molecule has 1 N–H and O–H groups in total. The predicted octanol–water partition coefficient (Wildman–Crippen LogP) is 3.68. The highest BCUT2D eigenvalue weighted by atomic mass is 16.4. The molecule has 1 atom stereocenters. The number of rotatable bonds is 5. The highest BCUT2D eigenvalue weighted by Crippen LogP contribution is 2.16. The van der Waals surface area contributed by atoms with Crippen molar-refractivity contribution in [3.8, 4) is 0 Å². The number of carbonyl (C=O) groups is 1. The molecular weight excluding hydrogens is 212 g/mol. The van der Waals surface area contributed by atoms with Crippen molar-refractivity contribution in [1.82, 2.24) is 0 Å². The van der Waals surface area contributed by atoms with Crippen LogP contribution >= 0.6 is 0 Å². The molecule has 1 aromatic carbocycles. The smallest absolute Gasteiger partial charge is 0.306 e. The Bertz CT molecular complexity index is 419. The van der Waals surface area contributed by atoms with Crippen LogP contribution in [0, 0.1) is 12.8 Å². The van der Waals surface area contributed by atoms with Crippen molar-refractivity contribution in [2.75, 3.05) is 0 Å². The molecule has 0 saturated heterocycles. The van der Waals surface area contributed by atoms with Crippen molar-refractivity contribution in [3.63, 3.8) is 0 Å². The number of carboxylic acids is 1. The Balaban J connectivity index is 2.88. The second-order valence-corrected chi connectivity index (χ2v) is 4.44. The zero-order valence-electron chi connectivity index (χ0n) is 10.7. The number of allylic oxidation sites excluding steroid dienone is 1. The fourth-order valence-electron chi connectivity index (χ4n) is 1.68. The third-order valence-corrected chi connectivity index (χ3v) is 2.84. The lowest BCUT2D eigenvalue weighted by Crippen LogP contribution is -2.12. The maximum absolute atomic E-state index is 10.8. The molecule has 0 amide bonds. The normalized spacial score (nSPS) is 12.9. The summed E-state index contributed by atoms with van der Waals surface area (Å²) >= 11 is 0. The summed E-state index contributed by atoms with van der Waals surface area (Å²) in [5.74, 6) is -1.07. The molecule has 0 spiro atoms. The first-order chi connectivity index (χ1) is 8.04. The second-order valence-electron chi connectivity index (χ2n) is 4.44. The van der Waals surface area contributed by atoms with E-state index in [2.05, 4.69) is 38.1 Å². The quantitative estimate of drug-likeness (QED) is 0.840. The van der Waals surface area contributed by atoms with E-state index in [9.17, 15) is 4.79 Å². The summed E-state index contributed by atoms with van der Waals surface area (Å²) in [6, 6.07) is 6.15. The van der Waals surface area contributed by atoms with E-state index < -0.39 is 5.97 Å². The van der Waals surface area contributed by atoms with Crippen LogP contribution in [0.15, 0.2) is 24.3 Å². The van der Waals surface area contributed by atoms with E-state index in [0.717, 1.165) is 12.0 Å². The monoisotopic (exact) mass is 232 g/mol. The van der Waals surface area contributed by atoms with Crippen molar-refractivity contribution in [2.45, 2.75) is 33.6 Å². The van der Waals surface area contributed by atoms with Gasteiger partial charge in [0.25, 0.3) is 0 Å². The largest absolute Gasteiger partial charge is 0.481 e. The van der Waals surface area contributed by atoms with Crippen LogP contribution in [0.2, 0.25) is 0 Å². The lowest BCUT2D eigenvalue weighted by Gasteiger charge is -2.08. The molecule has 0 bridgehead atoms. The van der Waals surface area contributed by atoms with Crippen LogP contribution in [0.1, 0.15) is 37.0 Å². The van der Waals surface area contributed by atoms with E-state index in [1.165, 1.54) is 11.1 Å². The Morgan fingerprint density at radius 3 is 2.76 bits per heavy atom. The average molecular weight is 232 g/mol. The SMILES string of the molecule is CC/C=C\c1cc(CC(C)C(=O)O)ccc1C. The van der Waals surface area contributed by atoms with Crippen molar-refractivity contribution in [2.24, 2.45) is 5.92 Å². The summed E-state index contributed by atoms with van der Waals surface area (Å²) in [4.78, 5) is 10.8. The van der Waals surface area contributed by atoms with Crippen LogP contribution in [0.5, 0.6) is 0 Å². The number of carboxylic acid groups (broad SMARTS) is 1. The molecule has 0 saturated carbocycles. The van der Waals surface area contributed by atoms with E-state index >= 15 is 0 Å².